The monoisotopic (exact) mass is 200 g/mol. The van der Waals surface area contributed by atoms with Crippen molar-refractivity contribution in [1.29, 1.82) is 0 Å². The van der Waals surface area contributed by atoms with E-state index in [-0.39, 0.29) is 0 Å². The second kappa shape index (κ2) is 3.11. The molecule has 2 nitrogen and oxygen atoms in total. The molecule has 0 radical (unpaired) electrons. The van der Waals surface area contributed by atoms with Crippen molar-refractivity contribution in [2.45, 2.75) is 18.9 Å². The Labute approximate surface area is 90.4 Å². The normalized spacial score (nSPS) is 23.9. The highest BCUT2D eigenvalue weighted by molar-refractivity contribution is 5.54. The molecular formula is C13H16N2. The maximum Gasteiger partial charge on any atom is 0.0320 e. The molecule has 0 fully saturated rings. The summed E-state index contributed by atoms with van der Waals surface area (Å²) in [7, 11) is 2.17. The zero-order valence-electron chi connectivity index (χ0n) is 9.03. The maximum absolute atomic E-state index is 5.93. The summed E-state index contributed by atoms with van der Waals surface area (Å²) in [5.41, 5.74) is 11.2. The van der Waals surface area contributed by atoms with Crippen molar-refractivity contribution in [2.75, 3.05) is 19.3 Å². The second-order valence-electron chi connectivity index (χ2n) is 4.69. The van der Waals surface area contributed by atoms with Gasteiger partial charge < -0.3 is 10.6 Å². The lowest BCUT2D eigenvalue weighted by Crippen LogP contribution is -2.31. The Morgan fingerprint density at radius 3 is 3.00 bits per heavy atom. The van der Waals surface area contributed by atoms with Crippen LogP contribution in [0.4, 0.5) is 5.69 Å². The molecule has 0 aromatic heterocycles. The molecule has 1 unspecified atom stereocenters. The van der Waals surface area contributed by atoms with E-state index < -0.39 is 0 Å². The molecule has 1 atom stereocenters. The minimum atomic E-state index is 0.586. The third kappa shape index (κ3) is 1.37. The molecular weight excluding hydrogens is 184 g/mol. The SMILES string of the molecule is CN1Cc2cc(N)cc3c2C(C=CC3)C1. The maximum atomic E-state index is 5.93. The Morgan fingerprint density at radius 1 is 1.33 bits per heavy atom. The van der Waals surface area contributed by atoms with Gasteiger partial charge in [-0.1, -0.05) is 12.2 Å². The highest BCUT2D eigenvalue weighted by Crippen LogP contribution is 2.36. The van der Waals surface area contributed by atoms with Gasteiger partial charge in [0.1, 0.15) is 0 Å². The molecule has 0 amide bonds. The predicted octanol–water partition coefficient (Wildman–Crippen LogP) is 1.91. The van der Waals surface area contributed by atoms with Gasteiger partial charge in [-0.05, 0) is 42.3 Å². The highest BCUT2D eigenvalue weighted by Gasteiger charge is 2.26. The molecule has 15 heavy (non-hydrogen) atoms. The number of hydrogen-bond donors (Lipinski definition) is 1. The fraction of sp³-hybridized carbons (Fsp3) is 0.385. The van der Waals surface area contributed by atoms with Crippen LogP contribution in [0.2, 0.25) is 0 Å². The van der Waals surface area contributed by atoms with Crippen LogP contribution < -0.4 is 5.73 Å². The van der Waals surface area contributed by atoms with Gasteiger partial charge >= 0.3 is 0 Å². The number of likely N-dealkylation sites (N-methyl/N-ethyl adjacent to an activating group) is 1. The number of hydrogen-bond acceptors (Lipinski definition) is 2. The minimum Gasteiger partial charge on any atom is -0.399 e. The summed E-state index contributed by atoms with van der Waals surface area (Å²) in [6, 6.07) is 4.28. The van der Waals surface area contributed by atoms with E-state index in [1.165, 1.54) is 11.1 Å². The molecule has 0 saturated heterocycles. The number of benzene rings is 1. The van der Waals surface area contributed by atoms with Gasteiger partial charge in [0.05, 0.1) is 0 Å². The van der Waals surface area contributed by atoms with Crippen molar-refractivity contribution in [1.82, 2.24) is 4.90 Å². The molecule has 1 aromatic rings. The van der Waals surface area contributed by atoms with Crippen LogP contribution >= 0.6 is 0 Å². The highest BCUT2D eigenvalue weighted by atomic mass is 15.1. The van der Waals surface area contributed by atoms with Crippen molar-refractivity contribution in [3.8, 4) is 0 Å². The van der Waals surface area contributed by atoms with Crippen LogP contribution in [0.3, 0.4) is 0 Å². The first kappa shape index (κ1) is 8.98. The first-order chi connectivity index (χ1) is 7.24. The van der Waals surface area contributed by atoms with Crippen LogP contribution in [-0.4, -0.2) is 18.5 Å². The quantitative estimate of drug-likeness (QED) is 0.512. The lowest BCUT2D eigenvalue weighted by atomic mass is 9.81. The third-order valence-electron chi connectivity index (χ3n) is 3.40. The average Bonchev–Trinajstić information content (AvgIpc) is 2.16. The summed E-state index contributed by atoms with van der Waals surface area (Å²) in [5, 5.41) is 0. The fourth-order valence-corrected chi connectivity index (χ4v) is 2.88. The predicted molar refractivity (Wildman–Crippen MR) is 62.8 cm³/mol. The zero-order valence-corrected chi connectivity index (χ0v) is 9.03. The first-order valence-electron chi connectivity index (χ1n) is 5.50. The van der Waals surface area contributed by atoms with Gasteiger partial charge in [-0.2, -0.15) is 0 Å². The third-order valence-corrected chi connectivity index (χ3v) is 3.40. The van der Waals surface area contributed by atoms with Crippen LogP contribution in [0.25, 0.3) is 0 Å². The van der Waals surface area contributed by atoms with Crippen LogP contribution in [0.1, 0.15) is 22.6 Å². The Kier molecular flexibility index (Phi) is 1.86. The first-order valence-corrected chi connectivity index (χ1v) is 5.50. The number of anilines is 1. The molecule has 0 saturated carbocycles. The van der Waals surface area contributed by atoms with Gasteiger partial charge in [0.15, 0.2) is 0 Å². The summed E-state index contributed by atoms with van der Waals surface area (Å²) in [6.07, 6.45) is 5.67. The summed E-state index contributed by atoms with van der Waals surface area (Å²) < 4.78 is 0. The van der Waals surface area contributed by atoms with E-state index in [2.05, 4.69) is 36.2 Å². The van der Waals surface area contributed by atoms with Crippen LogP contribution in [-0.2, 0) is 13.0 Å². The standard InChI is InChI=1S/C13H16N2/c1-15-7-10-4-2-3-9-5-12(14)6-11(8-15)13(9)10/h2,4-6,10H,3,7-8,14H2,1H3. The molecule has 2 aliphatic rings. The van der Waals surface area contributed by atoms with Crippen molar-refractivity contribution in [3.63, 3.8) is 0 Å². The van der Waals surface area contributed by atoms with Gasteiger partial charge in [0, 0.05) is 24.7 Å². The van der Waals surface area contributed by atoms with Gasteiger partial charge in [0.2, 0.25) is 0 Å². The van der Waals surface area contributed by atoms with E-state index in [1.54, 1.807) is 5.56 Å². The molecule has 1 aromatic carbocycles. The van der Waals surface area contributed by atoms with Crippen molar-refractivity contribution in [3.05, 3.63) is 41.0 Å². The van der Waals surface area contributed by atoms with E-state index >= 15 is 0 Å². The molecule has 2 heteroatoms. The Bertz CT molecular complexity index is 434. The number of allylic oxidation sites excluding steroid dienone is 1. The number of nitrogen functional groups attached to an aromatic ring is 1. The number of rotatable bonds is 0. The number of nitrogens with two attached hydrogens (primary N) is 1. The van der Waals surface area contributed by atoms with Gasteiger partial charge in [-0.15, -0.1) is 0 Å². The molecule has 0 spiro atoms. The summed E-state index contributed by atoms with van der Waals surface area (Å²) in [6.45, 7) is 2.18. The van der Waals surface area contributed by atoms with E-state index in [1.807, 2.05) is 0 Å². The van der Waals surface area contributed by atoms with Crippen LogP contribution in [0.15, 0.2) is 24.3 Å². The lowest BCUT2D eigenvalue weighted by Gasteiger charge is -2.34. The Hall–Kier alpha value is -1.28. The van der Waals surface area contributed by atoms with Gasteiger partial charge in [0.25, 0.3) is 0 Å². The molecule has 1 heterocycles. The van der Waals surface area contributed by atoms with Crippen molar-refractivity contribution >= 4 is 5.69 Å². The van der Waals surface area contributed by atoms with Crippen LogP contribution in [0, 0.1) is 0 Å². The van der Waals surface area contributed by atoms with E-state index in [9.17, 15) is 0 Å². The molecule has 78 valence electrons. The fourth-order valence-electron chi connectivity index (χ4n) is 2.88. The van der Waals surface area contributed by atoms with E-state index in [0.29, 0.717) is 5.92 Å². The molecule has 1 aliphatic carbocycles. The number of nitrogens with zero attached hydrogens (tertiary/aromatic N) is 1. The van der Waals surface area contributed by atoms with Crippen LogP contribution in [0.5, 0.6) is 0 Å². The minimum absolute atomic E-state index is 0.586. The summed E-state index contributed by atoms with van der Waals surface area (Å²) in [5.74, 6) is 0.586. The molecule has 3 rings (SSSR count). The smallest absolute Gasteiger partial charge is 0.0320 e. The second-order valence-corrected chi connectivity index (χ2v) is 4.69. The molecule has 0 bridgehead atoms. The Balaban J connectivity index is 2.20. The largest absolute Gasteiger partial charge is 0.399 e. The van der Waals surface area contributed by atoms with Crippen molar-refractivity contribution in [2.24, 2.45) is 0 Å². The van der Waals surface area contributed by atoms with Gasteiger partial charge in [-0.3, -0.25) is 0 Å². The molecule has 2 N–H and O–H groups in total. The summed E-state index contributed by atoms with van der Waals surface area (Å²) >= 11 is 0. The Morgan fingerprint density at radius 2 is 2.13 bits per heavy atom. The lowest BCUT2D eigenvalue weighted by molar-refractivity contribution is 0.296. The topological polar surface area (TPSA) is 29.3 Å². The van der Waals surface area contributed by atoms with E-state index in [0.717, 1.165) is 25.2 Å². The van der Waals surface area contributed by atoms with Gasteiger partial charge in [-0.25, -0.2) is 0 Å². The van der Waals surface area contributed by atoms with E-state index in [4.69, 9.17) is 5.73 Å². The van der Waals surface area contributed by atoms with Crippen molar-refractivity contribution < 1.29 is 0 Å². The zero-order chi connectivity index (χ0) is 10.4. The molecule has 1 aliphatic heterocycles. The average molecular weight is 200 g/mol. The summed E-state index contributed by atoms with van der Waals surface area (Å²) in [4.78, 5) is 2.37.